The second kappa shape index (κ2) is 8.74. The van der Waals surface area contributed by atoms with Gasteiger partial charge in [0.05, 0.1) is 6.61 Å². The minimum Gasteiger partial charge on any atom is -0.464 e. The predicted molar refractivity (Wildman–Crippen MR) is 70.9 cm³/mol. The van der Waals surface area contributed by atoms with Crippen molar-refractivity contribution in [3.8, 4) is 0 Å². The summed E-state index contributed by atoms with van der Waals surface area (Å²) in [7, 11) is 1.67. The van der Waals surface area contributed by atoms with Crippen molar-refractivity contribution in [1.82, 2.24) is 4.90 Å². The molecule has 0 fully saturated rings. The minimum atomic E-state index is -0.494. The van der Waals surface area contributed by atoms with Crippen LogP contribution in [0.5, 0.6) is 0 Å². The van der Waals surface area contributed by atoms with Gasteiger partial charge in [0.15, 0.2) is 0 Å². The van der Waals surface area contributed by atoms with Crippen LogP contribution in [0.2, 0.25) is 0 Å². The molecule has 0 aromatic heterocycles. The monoisotopic (exact) mass is 275 g/mol. The molecule has 0 aromatic carbocycles. The molecule has 0 saturated carbocycles. The summed E-state index contributed by atoms with van der Waals surface area (Å²) in [6.07, 6.45) is 0.271. The zero-order valence-corrected chi connectivity index (χ0v) is 12.5. The van der Waals surface area contributed by atoms with E-state index >= 15 is 0 Å². The molecule has 0 rings (SSSR count). The summed E-state index contributed by atoms with van der Waals surface area (Å²) >= 11 is 0. The maximum Gasteiger partial charge on any atom is 0.410 e. The van der Waals surface area contributed by atoms with E-state index in [0.717, 1.165) is 0 Å². The van der Waals surface area contributed by atoms with E-state index in [2.05, 4.69) is 0 Å². The molecule has 0 heterocycles. The first kappa shape index (κ1) is 17.7. The molecular formula is C13H25NO5. The van der Waals surface area contributed by atoms with Gasteiger partial charge in [0.1, 0.15) is 12.2 Å². The maximum atomic E-state index is 11.6. The number of rotatable bonds is 7. The highest BCUT2D eigenvalue weighted by atomic mass is 16.6. The van der Waals surface area contributed by atoms with E-state index in [9.17, 15) is 9.59 Å². The van der Waals surface area contributed by atoms with Gasteiger partial charge in [-0.25, -0.2) is 9.59 Å². The fourth-order valence-corrected chi connectivity index (χ4v) is 1.19. The molecule has 19 heavy (non-hydrogen) atoms. The number of ether oxygens (including phenoxy) is 3. The lowest BCUT2D eigenvalue weighted by atomic mass is 10.2. The number of hydrogen-bond donors (Lipinski definition) is 0. The highest BCUT2D eigenvalue weighted by Gasteiger charge is 2.19. The van der Waals surface area contributed by atoms with Crippen molar-refractivity contribution in [3.05, 3.63) is 0 Å². The molecule has 0 bridgehead atoms. The van der Waals surface area contributed by atoms with Crippen LogP contribution < -0.4 is 0 Å². The van der Waals surface area contributed by atoms with Crippen LogP contribution in [0.1, 0.15) is 34.1 Å². The average Bonchev–Trinajstić information content (AvgIpc) is 2.26. The average molecular weight is 275 g/mol. The van der Waals surface area contributed by atoms with Crippen molar-refractivity contribution in [2.24, 2.45) is 0 Å². The number of carbonyl (C=O) groups excluding carboxylic acids is 2. The molecule has 0 atom stereocenters. The molecule has 0 spiro atoms. The Kier molecular flexibility index (Phi) is 8.14. The number of esters is 1. The van der Waals surface area contributed by atoms with Gasteiger partial charge in [-0.2, -0.15) is 0 Å². The number of hydrogen-bond acceptors (Lipinski definition) is 5. The van der Waals surface area contributed by atoms with E-state index in [1.807, 2.05) is 20.8 Å². The van der Waals surface area contributed by atoms with Crippen LogP contribution in [0.25, 0.3) is 0 Å². The fraction of sp³-hybridized carbons (Fsp3) is 0.846. The van der Waals surface area contributed by atoms with Crippen LogP contribution in [-0.4, -0.2) is 56.0 Å². The Labute approximate surface area is 115 Å². The topological polar surface area (TPSA) is 65.1 Å². The van der Waals surface area contributed by atoms with Gasteiger partial charge in [-0.15, -0.1) is 0 Å². The summed E-state index contributed by atoms with van der Waals surface area (Å²) in [6.45, 7) is 8.41. The molecule has 0 saturated heterocycles. The van der Waals surface area contributed by atoms with Gasteiger partial charge in [0.2, 0.25) is 0 Å². The highest BCUT2D eigenvalue weighted by Crippen LogP contribution is 2.09. The van der Waals surface area contributed by atoms with Crippen LogP contribution >= 0.6 is 0 Å². The molecule has 0 aliphatic heterocycles. The molecule has 0 aliphatic carbocycles. The van der Waals surface area contributed by atoms with Crippen LogP contribution in [0.4, 0.5) is 4.79 Å². The molecule has 1 amide bonds. The first-order valence-electron chi connectivity index (χ1n) is 6.43. The number of amides is 1. The van der Waals surface area contributed by atoms with E-state index in [1.54, 1.807) is 14.0 Å². The van der Waals surface area contributed by atoms with Crippen molar-refractivity contribution in [3.63, 3.8) is 0 Å². The number of nitrogens with zero attached hydrogens (tertiary/aromatic N) is 1. The lowest BCUT2D eigenvalue weighted by Crippen LogP contribution is -2.35. The molecule has 6 nitrogen and oxygen atoms in total. The Morgan fingerprint density at radius 2 is 1.84 bits per heavy atom. The van der Waals surface area contributed by atoms with Gasteiger partial charge in [-0.05, 0) is 34.1 Å². The predicted octanol–water partition coefficient (Wildman–Crippen LogP) is 1.82. The van der Waals surface area contributed by atoms with Gasteiger partial charge in [-0.3, -0.25) is 0 Å². The van der Waals surface area contributed by atoms with Crippen LogP contribution in [0.15, 0.2) is 0 Å². The van der Waals surface area contributed by atoms with Gasteiger partial charge in [0.25, 0.3) is 0 Å². The van der Waals surface area contributed by atoms with Gasteiger partial charge in [0, 0.05) is 20.2 Å². The Balaban J connectivity index is 3.66. The summed E-state index contributed by atoms with van der Waals surface area (Å²) in [5.41, 5.74) is -0.494. The van der Waals surface area contributed by atoms with E-state index in [4.69, 9.17) is 14.2 Å². The van der Waals surface area contributed by atoms with Crippen molar-refractivity contribution < 1.29 is 23.8 Å². The third-order valence-electron chi connectivity index (χ3n) is 2.01. The van der Waals surface area contributed by atoms with Crippen molar-refractivity contribution in [2.75, 3.05) is 33.4 Å². The summed E-state index contributed by atoms with van der Waals surface area (Å²) in [5.74, 6) is -0.372. The molecule has 0 aliphatic rings. The van der Waals surface area contributed by atoms with E-state index in [1.165, 1.54) is 4.90 Å². The van der Waals surface area contributed by atoms with Crippen LogP contribution in [0.3, 0.4) is 0 Å². The highest BCUT2D eigenvalue weighted by molar-refractivity contribution is 5.70. The third-order valence-corrected chi connectivity index (χ3v) is 2.01. The molecule has 0 N–H and O–H groups in total. The zero-order chi connectivity index (χ0) is 14.9. The first-order valence-corrected chi connectivity index (χ1v) is 6.43. The minimum absolute atomic E-state index is 0.0516. The largest absolute Gasteiger partial charge is 0.464 e. The van der Waals surface area contributed by atoms with E-state index in [0.29, 0.717) is 26.2 Å². The van der Waals surface area contributed by atoms with Crippen molar-refractivity contribution in [2.45, 2.75) is 39.7 Å². The summed E-state index contributed by atoms with van der Waals surface area (Å²) < 4.78 is 15.0. The quantitative estimate of drug-likeness (QED) is 0.524. The molecule has 0 radical (unpaired) electrons. The summed E-state index contributed by atoms with van der Waals surface area (Å²) in [6, 6.07) is 0. The number of carbonyl (C=O) groups is 2. The summed E-state index contributed by atoms with van der Waals surface area (Å²) in [4.78, 5) is 24.1. The Hall–Kier alpha value is -1.30. The fourth-order valence-electron chi connectivity index (χ4n) is 1.19. The van der Waals surface area contributed by atoms with Crippen molar-refractivity contribution in [1.29, 1.82) is 0 Å². The SMILES string of the molecule is CCOC(=O)COCCCN(C)C(=O)OC(C)(C)C. The molecule has 0 aromatic rings. The van der Waals surface area contributed by atoms with Gasteiger partial charge >= 0.3 is 12.1 Å². The zero-order valence-electron chi connectivity index (χ0n) is 12.5. The summed E-state index contributed by atoms with van der Waals surface area (Å²) in [5, 5.41) is 0. The van der Waals surface area contributed by atoms with Crippen LogP contribution in [0, 0.1) is 0 Å². The smallest absolute Gasteiger partial charge is 0.410 e. The molecule has 0 unspecified atom stereocenters. The first-order chi connectivity index (χ1) is 8.76. The second-order valence-electron chi connectivity index (χ2n) is 5.11. The molecular weight excluding hydrogens is 250 g/mol. The van der Waals surface area contributed by atoms with E-state index < -0.39 is 5.60 Å². The van der Waals surface area contributed by atoms with Gasteiger partial charge in [-0.1, -0.05) is 0 Å². The Bertz CT molecular complexity index is 285. The lowest BCUT2D eigenvalue weighted by molar-refractivity contribution is -0.148. The Morgan fingerprint density at radius 1 is 1.21 bits per heavy atom. The second-order valence-corrected chi connectivity index (χ2v) is 5.11. The lowest BCUT2D eigenvalue weighted by Gasteiger charge is -2.24. The molecule has 112 valence electrons. The Morgan fingerprint density at radius 3 is 2.37 bits per heavy atom. The van der Waals surface area contributed by atoms with Gasteiger partial charge < -0.3 is 19.1 Å². The third kappa shape index (κ3) is 10.3. The maximum absolute atomic E-state index is 11.6. The normalized spacial score (nSPS) is 11.0. The van der Waals surface area contributed by atoms with Crippen LogP contribution in [-0.2, 0) is 19.0 Å². The van der Waals surface area contributed by atoms with E-state index in [-0.39, 0.29) is 18.7 Å². The standard InChI is InChI=1S/C13H25NO5/c1-6-18-11(15)10-17-9-7-8-14(5)12(16)19-13(2,3)4/h6-10H2,1-5H3. The molecule has 6 heteroatoms. The van der Waals surface area contributed by atoms with Crippen molar-refractivity contribution >= 4 is 12.1 Å².